The Labute approximate surface area is 171 Å². The van der Waals surface area contributed by atoms with Gasteiger partial charge in [0.15, 0.2) is 6.10 Å². The van der Waals surface area contributed by atoms with Crippen molar-refractivity contribution >= 4 is 22.6 Å². The molecule has 0 aliphatic heterocycles. The molecule has 0 bridgehead atoms. The summed E-state index contributed by atoms with van der Waals surface area (Å²) in [5, 5.41) is 2.10. The first kappa shape index (κ1) is 20.4. The number of carbonyl (C=O) groups is 2. The molecule has 0 radical (unpaired) electrons. The number of ether oxygens (including phenoxy) is 1. The minimum Gasteiger partial charge on any atom is -0.481 e. The molecule has 3 aromatic rings. The Morgan fingerprint density at radius 3 is 2.28 bits per heavy atom. The van der Waals surface area contributed by atoms with Gasteiger partial charge in [0, 0.05) is 0 Å². The van der Waals surface area contributed by atoms with E-state index in [9.17, 15) is 9.59 Å². The second-order valence-electron chi connectivity index (χ2n) is 7.34. The van der Waals surface area contributed by atoms with Crippen molar-refractivity contribution in [3.8, 4) is 5.75 Å². The van der Waals surface area contributed by atoms with Crippen molar-refractivity contribution in [1.82, 2.24) is 10.9 Å². The first-order chi connectivity index (χ1) is 13.9. The van der Waals surface area contributed by atoms with E-state index in [0.29, 0.717) is 11.7 Å². The van der Waals surface area contributed by atoms with Gasteiger partial charge in [-0.05, 0) is 46.9 Å². The summed E-state index contributed by atoms with van der Waals surface area (Å²) in [5.41, 5.74) is 7.02. The van der Waals surface area contributed by atoms with Gasteiger partial charge < -0.3 is 4.74 Å². The number of fused-ring (bicyclic) bond motifs is 1. The number of benzene rings is 3. The zero-order chi connectivity index (χ0) is 20.8. The number of hydrazine groups is 1. The number of carbonyl (C=O) groups excluding carboxylic acids is 2. The van der Waals surface area contributed by atoms with Crippen LogP contribution >= 0.6 is 0 Å². The molecule has 1 atom stereocenters. The van der Waals surface area contributed by atoms with E-state index in [1.165, 1.54) is 5.56 Å². The average molecular weight is 390 g/mol. The molecule has 3 aromatic carbocycles. The summed E-state index contributed by atoms with van der Waals surface area (Å²) in [6.07, 6.45) is -0.564. The van der Waals surface area contributed by atoms with Crippen LogP contribution < -0.4 is 15.6 Å². The van der Waals surface area contributed by atoms with Crippen molar-refractivity contribution < 1.29 is 14.3 Å². The first-order valence-corrected chi connectivity index (χ1v) is 9.76. The van der Waals surface area contributed by atoms with Crippen LogP contribution in [-0.2, 0) is 16.0 Å². The Kier molecular flexibility index (Phi) is 6.50. The van der Waals surface area contributed by atoms with E-state index in [4.69, 9.17) is 4.74 Å². The highest BCUT2D eigenvalue weighted by atomic mass is 16.5. The van der Waals surface area contributed by atoms with Crippen molar-refractivity contribution in [2.75, 3.05) is 0 Å². The van der Waals surface area contributed by atoms with Crippen LogP contribution in [0.4, 0.5) is 0 Å². The van der Waals surface area contributed by atoms with Crippen LogP contribution in [-0.4, -0.2) is 17.9 Å². The van der Waals surface area contributed by atoms with Gasteiger partial charge >= 0.3 is 0 Å². The molecule has 0 aromatic heterocycles. The Hall–Kier alpha value is -3.34. The zero-order valence-corrected chi connectivity index (χ0v) is 16.9. The molecule has 0 unspecified atom stereocenters. The second-order valence-corrected chi connectivity index (χ2v) is 7.34. The fourth-order valence-electron chi connectivity index (χ4n) is 3.09. The predicted octanol–water partition coefficient (Wildman–Crippen LogP) is 4.12. The Balaban J connectivity index is 1.52. The molecule has 0 heterocycles. The molecule has 0 saturated heterocycles. The molecule has 150 valence electrons. The molecule has 5 nitrogen and oxygen atoms in total. The van der Waals surface area contributed by atoms with Gasteiger partial charge in [-0.25, -0.2) is 0 Å². The van der Waals surface area contributed by atoms with Crippen molar-refractivity contribution in [3.05, 3.63) is 77.9 Å². The SMILES string of the molecule is CC(C)c1ccc(O[C@H](C)C(=O)NNC(=O)Cc2cccc3ccccc23)cc1. The lowest BCUT2D eigenvalue weighted by atomic mass is 10.0. The summed E-state index contributed by atoms with van der Waals surface area (Å²) in [4.78, 5) is 24.5. The molecule has 2 amide bonds. The van der Waals surface area contributed by atoms with Gasteiger partial charge in [-0.2, -0.15) is 0 Å². The van der Waals surface area contributed by atoms with Gasteiger partial charge in [-0.3, -0.25) is 20.4 Å². The van der Waals surface area contributed by atoms with Crippen LogP contribution in [0, 0.1) is 0 Å². The minimum absolute atomic E-state index is 0.174. The van der Waals surface area contributed by atoms with Crippen molar-refractivity contribution in [3.63, 3.8) is 0 Å². The van der Waals surface area contributed by atoms with Gasteiger partial charge in [0.1, 0.15) is 5.75 Å². The van der Waals surface area contributed by atoms with Gasteiger partial charge in [0.25, 0.3) is 5.91 Å². The summed E-state index contributed by atoms with van der Waals surface area (Å²) in [7, 11) is 0. The standard InChI is InChI=1S/C24H26N2O3/c1-16(2)18-11-13-21(14-12-18)29-17(3)24(28)26-25-23(27)15-20-9-6-8-19-7-4-5-10-22(19)20/h4-14,16-17H,15H2,1-3H3,(H,25,27)(H,26,28)/t17-/m1/s1. The molecule has 29 heavy (non-hydrogen) atoms. The monoisotopic (exact) mass is 390 g/mol. The summed E-state index contributed by atoms with van der Waals surface area (Å²) in [6, 6.07) is 21.4. The molecule has 0 spiro atoms. The fraction of sp³-hybridized carbons (Fsp3) is 0.250. The quantitative estimate of drug-likeness (QED) is 0.622. The first-order valence-electron chi connectivity index (χ1n) is 9.76. The normalized spacial score (nSPS) is 11.9. The molecular weight excluding hydrogens is 364 g/mol. The molecule has 2 N–H and O–H groups in total. The molecular formula is C24H26N2O3. The Bertz CT molecular complexity index is 991. The van der Waals surface area contributed by atoms with Gasteiger partial charge in [0.2, 0.25) is 5.91 Å². The van der Waals surface area contributed by atoms with Gasteiger partial charge in [-0.15, -0.1) is 0 Å². The van der Waals surface area contributed by atoms with Crippen LogP contribution in [0.1, 0.15) is 37.8 Å². The van der Waals surface area contributed by atoms with Gasteiger partial charge in [0.05, 0.1) is 6.42 Å². The van der Waals surface area contributed by atoms with Crippen LogP contribution in [0.25, 0.3) is 10.8 Å². The number of amides is 2. The lowest BCUT2D eigenvalue weighted by Gasteiger charge is -2.16. The zero-order valence-electron chi connectivity index (χ0n) is 16.9. The molecule has 0 aliphatic carbocycles. The second kappa shape index (κ2) is 9.24. The maximum atomic E-state index is 12.3. The summed E-state index contributed by atoms with van der Waals surface area (Å²) in [5.74, 6) is 0.341. The average Bonchev–Trinajstić information content (AvgIpc) is 2.72. The third-order valence-corrected chi connectivity index (χ3v) is 4.78. The minimum atomic E-state index is -0.738. The highest BCUT2D eigenvalue weighted by Crippen LogP contribution is 2.20. The van der Waals surface area contributed by atoms with E-state index in [-0.39, 0.29) is 12.3 Å². The number of rotatable bonds is 6. The van der Waals surface area contributed by atoms with Crippen LogP contribution in [0.2, 0.25) is 0 Å². The van der Waals surface area contributed by atoms with Crippen molar-refractivity contribution in [1.29, 1.82) is 0 Å². The van der Waals surface area contributed by atoms with E-state index in [1.807, 2.05) is 66.7 Å². The number of hydrogen-bond donors (Lipinski definition) is 2. The summed E-state index contributed by atoms with van der Waals surface area (Å²) in [6.45, 7) is 5.88. The van der Waals surface area contributed by atoms with E-state index < -0.39 is 12.0 Å². The molecule has 0 fully saturated rings. The summed E-state index contributed by atoms with van der Waals surface area (Å²) >= 11 is 0. The maximum absolute atomic E-state index is 12.3. The van der Waals surface area contributed by atoms with Gasteiger partial charge in [-0.1, -0.05) is 68.4 Å². The molecule has 3 rings (SSSR count). The van der Waals surface area contributed by atoms with E-state index in [1.54, 1.807) is 6.92 Å². The predicted molar refractivity (Wildman–Crippen MR) is 115 cm³/mol. The number of nitrogens with one attached hydrogen (secondary N) is 2. The van der Waals surface area contributed by atoms with Crippen molar-refractivity contribution in [2.24, 2.45) is 0 Å². The smallest absolute Gasteiger partial charge is 0.279 e. The Morgan fingerprint density at radius 2 is 1.55 bits per heavy atom. The van der Waals surface area contributed by atoms with Crippen LogP contribution in [0.15, 0.2) is 66.7 Å². The lowest BCUT2D eigenvalue weighted by molar-refractivity contribution is -0.132. The third kappa shape index (κ3) is 5.35. The number of hydrogen-bond acceptors (Lipinski definition) is 3. The van der Waals surface area contributed by atoms with Crippen LogP contribution in [0.3, 0.4) is 0 Å². The van der Waals surface area contributed by atoms with E-state index >= 15 is 0 Å². The van der Waals surface area contributed by atoms with E-state index in [2.05, 4.69) is 24.7 Å². The Morgan fingerprint density at radius 1 is 0.862 bits per heavy atom. The lowest BCUT2D eigenvalue weighted by Crippen LogP contribution is -2.47. The summed E-state index contributed by atoms with van der Waals surface area (Å²) < 4.78 is 5.66. The van der Waals surface area contributed by atoms with E-state index in [0.717, 1.165) is 16.3 Å². The van der Waals surface area contributed by atoms with Crippen molar-refractivity contribution in [2.45, 2.75) is 39.2 Å². The largest absolute Gasteiger partial charge is 0.481 e. The highest BCUT2D eigenvalue weighted by Gasteiger charge is 2.16. The molecule has 0 aliphatic rings. The fourth-order valence-corrected chi connectivity index (χ4v) is 3.09. The van der Waals surface area contributed by atoms with Crippen LogP contribution in [0.5, 0.6) is 5.75 Å². The third-order valence-electron chi connectivity index (χ3n) is 4.78. The molecule has 5 heteroatoms. The molecule has 0 saturated carbocycles. The highest BCUT2D eigenvalue weighted by molar-refractivity contribution is 5.91. The maximum Gasteiger partial charge on any atom is 0.279 e. The topological polar surface area (TPSA) is 67.4 Å².